The topological polar surface area (TPSA) is 121 Å². The van der Waals surface area contributed by atoms with Gasteiger partial charge < -0.3 is 30.6 Å². The zero-order valence-corrected chi connectivity index (χ0v) is 18.0. The Kier molecular flexibility index (Phi) is 4.47. The number of hydrogen-bond acceptors (Lipinski definition) is 7. The van der Waals surface area contributed by atoms with Gasteiger partial charge in [-0.15, -0.1) is 0 Å². The molecule has 3 fully saturated rings. The summed E-state index contributed by atoms with van der Waals surface area (Å²) in [6.45, 7) is 0.845. The summed E-state index contributed by atoms with van der Waals surface area (Å²) in [7, 11) is 0. The van der Waals surface area contributed by atoms with E-state index in [1.54, 1.807) is 0 Å². The molecule has 3 aliphatic rings. The molecule has 1 aromatic carbocycles. The Hall–Kier alpha value is -2.68. The SMILES string of the molecule is NCC1(O)CC(n2cc(-c3cccc(OCC45CCC(CC4)O5)c3)c3c(N)ncnc32)C1. The zero-order chi connectivity index (χ0) is 21.9. The van der Waals surface area contributed by atoms with Gasteiger partial charge in [-0.1, -0.05) is 12.1 Å². The Balaban J connectivity index is 1.32. The molecule has 32 heavy (non-hydrogen) atoms. The molecular weight excluding hydrogens is 406 g/mol. The van der Waals surface area contributed by atoms with E-state index in [1.807, 2.05) is 24.3 Å². The fraction of sp³-hybridized carbons (Fsp3) is 0.500. The van der Waals surface area contributed by atoms with Crippen LogP contribution in [0.4, 0.5) is 5.82 Å². The second kappa shape index (κ2) is 7.16. The molecule has 0 amide bonds. The number of aliphatic hydroxyl groups is 1. The highest BCUT2D eigenvalue weighted by molar-refractivity contribution is 6.00. The van der Waals surface area contributed by atoms with Crippen LogP contribution >= 0.6 is 0 Å². The van der Waals surface area contributed by atoms with Crippen LogP contribution in [0.25, 0.3) is 22.2 Å². The molecule has 2 bridgehead atoms. The first kappa shape index (κ1) is 20.0. The van der Waals surface area contributed by atoms with Gasteiger partial charge in [0.15, 0.2) is 0 Å². The third kappa shape index (κ3) is 3.17. The summed E-state index contributed by atoms with van der Waals surface area (Å²) in [5.41, 5.74) is 13.8. The van der Waals surface area contributed by atoms with Crippen LogP contribution < -0.4 is 16.2 Å². The summed E-state index contributed by atoms with van der Waals surface area (Å²) in [5, 5.41) is 11.2. The summed E-state index contributed by atoms with van der Waals surface area (Å²) >= 11 is 0. The number of rotatable bonds is 6. The second-order valence-electron chi connectivity index (χ2n) is 9.71. The van der Waals surface area contributed by atoms with Crippen molar-refractivity contribution in [1.29, 1.82) is 0 Å². The second-order valence-corrected chi connectivity index (χ2v) is 9.71. The number of fused-ring (bicyclic) bond motifs is 3. The van der Waals surface area contributed by atoms with E-state index in [1.165, 1.54) is 6.33 Å². The van der Waals surface area contributed by atoms with Crippen molar-refractivity contribution in [1.82, 2.24) is 14.5 Å². The van der Waals surface area contributed by atoms with Gasteiger partial charge in [0, 0.05) is 24.3 Å². The highest BCUT2D eigenvalue weighted by atomic mass is 16.6. The fourth-order valence-electron chi connectivity index (χ4n) is 5.64. The highest BCUT2D eigenvalue weighted by Gasteiger charge is 2.47. The molecule has 168 valence electrons. The van der Waals surface area contributed by atoms with Gasteiger partial charge in [-0.05, 0) is 56.2 Å². The number of nitrogen functional groups attached to an aromatic ring is 1. The molecule has 2 saturated heterocycles. The van der Waals surface area contributed by atoms with Crippen molar-refractivity contribution in [3.8, 4) is 16.9 Å². The van der Waals surface area contributed by atoms with Gasteiger partial charge in [0.25, 0.3) is 0 Å². The van der Waals surface area contributed by atoms with Crippen LogP contribution in [0.2, 0.25) is 0 Å². The molecule has 3 aromatic rings. The van der Waals surface area contributed by atoms with E-state index in [0.717, 1.165) is 53.6 Å². The van der Waals surface area contributed by atoms with Crippen LogP contribution in [-0.2, 0) is 4.74 Å². The van der Waals surface area contributed by atoms with Gasteiger partial charge in [0.05, 0.1) is 17.1 Å². The van der Waals surface area contributed by atoms with Crippen molar-refractivity contribution in [2.45, 2.75) is 61.9 Å². The third-order valence-corrected chi connectivity index (χ3v) is 7.55. The maximum absolute atomic E-state index is 10.4. The van der Waals surface area contributed by atoms with Crippen LogP contribution in [0.15, 0.2) is 36.8 Å². The number of hydrogen-bond donors (Lipinski definition) is 3. The number of aromatic nitrogens is 3. The van der Waals surface area contributed by atoms with Crippen LogP contribution in [0, 0.1) is 0 Å². The van der Waals surface area contributed by atoms with Crippen molar-refractivity contribution >= 4 is 16.9 Å². The Morgan fingerprint density at radius 1 is 1.22 bits per heavy atom. The van der Waals surface area contributed by atoms with E-state index in [2.05, 4.69) is 20.7 Å². The molecule has 8 heteroatoms. The molecule has 4 heterocycles. The predicted molar refractivity (Wildman–Crippen MR) is 121 cm³/mol. The first-order valence-corrected chi connectivity index (χ1v) is 11.4. The summed E-state index contributed by atoms with van der Waals surface area (Å²) in [6, 6.07) is 8.19. The zero-order valence-electron chi connectivity index (χ0n) is 18.0. The van der Waals surface area contributed by atoms with Crippen molar-refractivity contribution in [3.05, 3.63) is 36.8 Å². The number of benzene rings is 1. The quantitative estimate of drug-likeness (QED) is 0.544. The predicted octanol–water partition coefficient (Wildman–Crippen LogP) is 2.80. The van der Waals surface area contributed by atoms with Crippen molar-refractivity contribution in [2.24, 2.45) is 5.73 Å². The van der Waals surface area contributed by atoms with E-state index in [4.69, 9.17) is 20.9 Å². The largest absolute Gasteiger partial charge is 0.491 e. The molecule has 2 aromatic heterocycles. The van der Waals surface area contributed by atoms with E-state index >= 15 is 0 Å². The summed E-state index contributed by atoms with van der Waals surface area (Å²) in [6.07, 6.45) is 9.61. The molecular formula is C24H29N5O3. The lowest BCUT2D eigenvalue weighted by Crippen LogP contribution is -2.50. The molecule has 0 spiro atoms. The highest BCUT2D eigenvalue weighted by Crippen LogP contribution is 2.46. The average molecular weight is 436 g/mol. The minimum absolute atomic E-state index is 0.112. The Morgan fingerprint density at radius 3 is 2.75 bits per heavy atom. The maximum atomic E-state index is 10.4. The van der Waals surface area contributed by atoms with E-state index < -0.39 is 5.60 Å². The summed E-state index contributed by atoms with van der Waals surface area (Å²) in [5.74, 6) is 1.26. The Bertz CT molecular complexity index is 1160. The van der Waals surface area contributed by atoms with E-state index in [-0.39, 0.29) is 18.2 Å². The molecule has 1 aliphatic carbocycles. The minimum Gasteiger partial charge on any atom is -0.491 e. The first-order chi connectivity index (χ1) is 15.5. The smallest absolute Gasteiger partial charge is 0.146 e. The molecule has 1 saturated carbocycles. The van der Waals surface area contributed by atoms with Crippen LogP contribution in [-0.4, -0.2) is 50.1 Å². The van der Waals surface area contributed by atoms with Crippen molar-refractivity contribution in [3.63, 3.8) is 0 Å². The number of anilines is 1. The molecule has 0 radical (unpaired) electrons. The molecule has 8 nitrogen and oxygen atoms in total. The molecule has 0 atom stereocenters. The Labute approximate surface area is 186 Å². The van der Waals surface area contributed by atoms with E-state index in [9.17, 15) is 5.11 Å². The van der Waals surface area contributed by atoms with Gasteiger partial charge in [-0.2, -0.15) is 0 Å². The molecule has 5 N–H and O–H groups in total. The number of ether oxygens (including phenoxy) is 2. The summed E-state index contributed by atoms with van der Waals surface area (Å²) in [4.78, 5) is 8.74. The maximum Gasteiger partial charge on any atom is 0.146 e. The average Bonchev–Trinajstić information content (AvgIpc) is 3.50. The van der Waals surface area contributed by atoms with E-state index in [0.29, 0.717) is 31.4 Å². The van der Waals surface area contributed by atoms with Crippen molar-refractivity contribution < 1.29 is 14.6 Å². The van der Waals surface area contributed by atoms with Gasteiger partial charge in [-0.25, -0.2) is 9.97 Å². The third-order valence-electron chi connectivity index (χ3n) is 7.55. The lowest BCUT2D eigenvalue weighted by Gasteiger charge is -2.43. The van der Waals surface area contributed by atoms with Crippen LogP contribution in [0.3, 0.4) is 0 Å². The molecule has 0 unspecified atom stereocenters. The first-order valence-electron chi connectivity index (χ1n) is 11.4. The Morgan fingerprint density at radius 2 is 2.03 bits per heavy atom. The normalized spacial score (nSPS) is 31.2. The molecule has 6 rings (SSSR count). The van der Waals surface area contributed by atoms with Crippen molar-refractivity contribution in [2.75, 3.05) is 18.9 Å². The molecule has 2 aliphatic heterocycles. The van der Waals surface area contributed by atoms with Crippen LogP contribution in [0.1, 0.15) is 44.6 Å². The lowest BCUT2D eigenvalue weighted by atomic mass is 9.75. The van der Waals surface area contributed by atoms with Crippen LogP contribution in [0.5, 0.6) is 5.75 Å². The lowest BCUT2D eigenvalue weighted by molar-refractivity contribution is -0.0579. The monoisotopic (exact) mass is 435 g/mol. The van der Waals surface area contributed by atoms with Gasteiger partial charge in [0.2, 0.25) is 0 Å². The van der Waals surface area contributed by atoms with Gasteiger partial charge >= 0.3 is 0 Å². The number of nitrogens with two attached hydrogens (primary N) is 2. The van der Waals surface area contributed by atoms with Gasteiger partial charge in [0.1, 0.15) is 35.7 Å². The summed E-state index contributed by atoms with van der Waals surface area (Å²) < 4.78 is 14.5. The number of nitrogens with zero attached hydrogens (tertiary/aromatic N) is 3. The minimum atomic E-state index is -0.797. The van der Waals surface area contributed by atoms with Gasteiger partial charge in [-0.3, -0.25) is 0 Å². The standard InChI is InChI=1S/C24H29N5O3/c25-12-23(30)9-16(10-23)29-11-19(20-21(26)27-14-28-22(20)29)15-2-1-3-18(8-15)31-13-24-6-4-17(32-24)5-7-24/h1-3,8,11,14,16-17,30H,4-7,9-10,12-13,25H2,(H2,26,27,28). The fourth-order valence-corrected chi connectivity index (χ4v) is 5.64.